The van der Waals surface area contributed by atoms with Gasteiger partial charge in [0.1, 0.15) is 12.6 Å². The van der Waals surface area contributed by atoms with Crippen molar-refractivity contribution in [1.29, 1.82) is 0 Å². The first kappa shape index (κ1) is 28.0. The van der Waals surface area contributed by atoms with Crippen LogP contribution in [0, 0.1) is 6.92 Å². The number of hydrogen-bond acceptors (Lipinski definition) is 4. The van der Waals surface area contributed by atoms with Gasteiger partial charge in [-0.3, -0.25) is 13.9 Å². The molecule has 0 bridgehead atoms. The standard InChI is InChI=1S/C27H36ClN3O4S/c1-20-18-23(28)14-15-25(20)31(36(3,34)35)19-26(32)30(17-16-22-10-6-4-7-11-22)21(2)27(33)29-24-12-8-5-9-13-24/h4,6-7,10-11,14-15,18,21,24H,5,8-9,12-13,16-17,19H2,1-3H3,(H,29,33). The highest BCUT2D eigenvalue weighted by molar-refractivity contribution is 7.92. The molecule has 0 saturated heterocycles. The third-order valence-electron chi connectivity index (χ3n) is 6.71. The molecule has 1 N–H and O–H groups in total. The van der Waals surface area contributed by atoms with Crippen LogP contribution in [-0.4, -0.2) is 56.6 Å². The van der Waals surface area contributed by atoms with E-state index in [1.54, 1.807) is 32.0 Å². The first-order valence-electron chi connectivity index (χ1n) is 12.4. The summed E-state index contributed by atoms with van der Waals surface area (Å²) < 4.78 is 26.5. The van der Waals surface area contributed by atoms with Gasteiger partial charge in [0.2, 0.25) is 21.8 Å². The molecule has 36 heavy (non-hydrogen) atoms. The van der Waals surface area contributed by atoms with Crippen molar-refractivity contribution in [2.75, 3.05) is 23.7 Å². The summed E-state index contributed by atoms with van der Waals surface area (Å²) in [5.41, 5.74) is 2.06. The van der Waals surface area contributed by atoms with Crippen molar-refractivity contribution in [3.8, 4) is 0 Å². The maximum absolute atomic E-state index is 13.6. The fraction of sp³-hybridized carbons (Fsp3) is 0.481. The van der Waals surface area contributed by atoms with E-state index in [0.717, 1.165) is 41.8 Å². The number of sulfonamides is 1. The first-order chi connectivity index (χ1) is 17.1. The lowest BCUT2D eigenvalue weighted by atomic mass is 9.95. The molecule has 1 atom stereocenters. The molecule has 196 valence electrons. The number of rotatable bonds is 10. The minimum Gasteiger partial charge on any atom is -0.352 e. The van der Waals surface area contributed by atoms with E-state index < -0.39 is 28.5 Å². The van der Waals surface area contributed by atoms with Gasteiger partial charge < -0.3 is 10.2 Å². The summed E-state index contributed by atoms with van der Waals surface area (Å²) in [6, 6.07) is 13.9. The molecule has 3 rings (SSSR count). The highest BCUT2D eigenvalue weighted by Gasteiger charge is 2.31. The number of nitrogens with zero attached hydrogens (tertiary/aromatic N) is 2. The summed E-state index contributed by atoms with van der Waals surface area (Å²) in [5.74, 6) is -0.645. The molecule has 1 aliphatic rings. The summed E-state index contributed by atoms with van der Waals surface area (Å²) in [4.78, 5) is 28.3. The fourth-order valence-electron chi connectivity index (χ4n) is 4.63. The summed E-state index contributed by atoms with van der Waals surface area (Å²) in [7, 11) is -3.78. The van der Waals surface area contributed by atoms with Gasteiger partial charge in [0.05, 0.1) is 11.9 Å². The maximum Gasteiger partial charge on any atom is 0.244 e. The molecule has 0 aromatic heterocycles. The van der Waals surface area contributed by atoms with Crippen LogP contribution in [0.4, 0.5) is 5.69 Å². The predicted octanol–water partition coefficient (Wildman–Crippen LogP) is 4.32. The molecular weight excluding hydrogens is 498 g/mol. The van der Waals surface area contributed by atoms with Crippen molar-refractivity contribution in [3.05, 3.63) is 64.7 Å². The van der Waals surface area contributed by atoms with Crippen LogP contribution >= 0.6 is 11.6 Å². The van der Waals surface area contributed by atoms with Gasteiger partial charge >= 0.3 is 0 Å². The van der Waals surface area contributed by atoms with Crippen molar-refractivity contribution in [1.82, 2.24) is 10.2 Å². The van der Waals surface area contributed by atoms with Gasteiger partial charge in [-0.25, -0.2) is 8.42 Å². The van der Waals surface area contributed by atoms with Gasteiger partial charge in [0.15, 0.2) is 0 Å². The van der Waals surface area contributed by atoms with E-state index in [0.29, 0.717) is 29.2 Å². The molecule has 9 heteroatoms. The number of aryl methyl sites for hydroxylation is 1. The van der Waals surface area contributed by atoms with Gasteiger partial charge in [-0.15, -0.1) is 0 Å². The Morgan fingerprint density at radius 3 is 2.36 bits per heavy atom. The molecule has 0 heterocycles. The lowest BCUT2D eigenvalue weighted by Crippen LogP contribution is -2.53. The lowest BCUT2D eigenvalue weighted by molar-refractivity contribution is -0.139. The molecule has 1 fully saturated rings. The average molecular weight is 534 g/mol. The van der Waals surface area contributed by atoms with Crippen molar-refractivity contribution in [2.45, 2.75) is 64.5 Å². The first-order valence-corrected chi connectivity index (χ1v) is 14.7. The Balaban J connectivity index is 1.83. The Kier molecular flexibility index (Phi) is 9.79. The van der Waals surface area contributed by atoms with Crippen LogP contribution in [0.15, 0.2) is 48.5 Å². The number of carbonyl (C=O) groups is 2. The SMILES string of the molecule is Cc1cc(Cl)ccc1N(CC(=O)N(CCc1ccccc1)C(C)C(=O)NC1CCCCC1)S(C)(=O)=O. The summed E-state index contributed by atoms with van der Waals surface area (Å²) in [6.45, 7) is 3.34. The second kappa shape index (κ2) is 12.6. The third kappa shape index (κ3) is 7.71. The molecule has 7 nitrogen and oxygen atoms in total. The van der Waals surface area contributed by atoms with Crippen molar-refractivity contribution in [3.63, 3.8) is 0 Å². The number of hydrogen-bond donors (Lipinski definition) is 1. The van der Waals surface area contributed by atoms with Crippen molar-refractivity contribution < 1.29 is 18.0 Å². The molecule has 1 unspecified atom stereocenters. The lowest BCUT2D eigenvalue weighted by Gasteiger charge is -2.33. The number of anilines is 1. The number of carbonyl (C=O) groups excluding carboxylic acids is 2. The topological polar surface area (TPSA) is 86.8 Å². The second-order valence-corrected chi connectivity index (χ2v) is 11.9. The molecule has 2 aromatic carbocycles. The van der Waals surface area contributed by atoms with Crippen LogP contribution in [0.5, 0.6) is 0 Å². The Morgan fingerprint density at radius 1 is 1.08 bits per heavy atom. The molecule has 0 radical (unpaired) electrons. The Bertz CT molecular complexity index is 1150. The number of nitrogens with one attached hydrogen (secondary N) is 1. The minimum absolute atomic E-state index is 0.115. The smallest absolute Gasteiger partial charge is 0.244 e. The van der Waals surface area contributed by atoms with Crippen LogP contribution in [0.25, 0.3) is 0 Å². The highest BCUT2D eigenvalue weighted by atomic mass is 35.5. The third-order valence-corrected chi connectivity index (χ3v) is 8.07. The Hall–Kier alpha value is -2.58. The zero-order valence-electron chi connectivity index (χ0n) is 21.2. The average Bonchev–Trinajstić information content (AvgIpc) is 2.83. The van der Waals surface area contributed by atoms with Crippen LogP contribution in [0.3, 0.4) is 0 Å². The number of benzene rings is 2. The van der Waals surface area contributed by atoms with Crippen LogP contribution in [0.2, 0.25) is 5.02 Å². The van der Waals surface area contributed by atoms with E-state index in [4.69, 9.17) is 11.6 Å². The van der Waals surface area contributed by atoms with Gasteiger partial charge in [-0.2, -0.15) is 0 Å². The highest BCUT2D eigenvalue weighted by Crippen LogP contribution is 2.26. The Morgan fingerprint density at radius 2 is 1.75 bits per heavy atom. The molecule has 2 amide bonds. The fourth-order valence-corrected chi connectivity index (χ4v) is 5.77. The van der Waals surface area contributed by atoms with Crippen molar-refractivity contribution in [2.24, 2.45) is 0 Å². The maximum atomic E-state index is 13.6. The van der Waals surface area contributed by atoms with Gasteiger partial charge in [-0.05, 0) is 62.4 Å². The normalized spacial score (nSPS) is 15.2. The van der Waals surface area contributed by atoms with Gasteiger partial charge in [-0.1, -0.05) is 61.2 Å². The summed E-state index contributed by atoms with van der Waals surface area (Å²) in [6.07, 6.45) is 6.84. The monoisotopic (exact) mass is 533 g/mol. The summed E-state index contributed by atoms with van der Waals surface area (Å²) >= 11 is 6.06. The van der Waals surface area contributed by atoms with Crippen LogP contribution in [-0.2, 0) is 26.0 Å². The zero-order valence-corrected chi connectivity index (χ0v) is 22.8. The van der Waals surface area contributed by atoms with E-state index in [1.165, 1.54) is 11.3 Å². The minimum atomic E-state index is -3.78. The Labute approximate surface area is 219 Å². The second-order valence-electron chi connectivity index (χ2n) is 9.54. The zero-order chi connectivity index (χ0) is 26.3. The van der Waals surface area contributed by atoms with E-state index in [1.807, 2.05) is 30.3 Å². The summed E-state index contributed by atoms with van der Waals surface area (Å²) in [5, 5.41) is 3.58. The van der Waals surface area contributed by atoms with Crippen LogP contribution < -0.4 is 9.62 Å². The van der Waals surface area contributed by atoms with Gasteiger partial charge in [0.25, 0.3) is 0 Å². The quantitative estimate of drug-likeness (QED) is 0.492. The molecule has 2 aromatic rings. The number of halogens is 1. The van der Waals surface area contributed by atoms with E-state index >= 15 is 0 Å². The van der Waals surface area contributed by atoms with E-state index in [9.17, 15) is 18.0 Å². The van der Waals surface area contributed by atoms with Crippen molar-refractivity contribution >= 4 is 39.1 Å². The molecule has 0 spiro atoms. The van der Waals surface area contributed by atoms with E-state index in [-0.39, 0.29) is 11.9 Å². The van der Waals surface area contributed by atoms with Crippen LogP contribution in [0.1, 0.15) is 50.2 Å². The molecule has 0 aliphatic heterocycles. The molecular formula is C27H36ClN3O4S. The molecule has 1 aliphatic carbocycles. The van der Waals surface area contributed by atoms with E-state index in [2.05, 4.69) is 5.32 Å². The molecule has 1 saturated carbocycles. The largest absolute Gasteiger partial charge is 0.352 e. The van der Waals surface area contributed by atoms with Gasteiger partial charge in [0, 0.05) is 17.6 Å². The number of amides is 2. The predicted molar refractivity (Wildman–Crippen MR) is 145 cm³/mol.